The highest BCUT2D eigenvalue weighted by Crippen LogP contribution is 2.26. The normalized spacial score (nSPS) is 20.6. The Morgan fingerprint density at radius 2 is 1.88 bits per heavy atom. The molecule has 6 heteroatoms. The lowest BCUT2D eigenvalue weighted by molar-refractivity contribution is 0.142. The van der Waals surface area contributed by atoms with Gasteiger partial charge in [0.05, 0.1) is 25.2 Å². The maximum Gasteiger partial charge on any atom is 0.297 e. The van der Waals surface area contributed by atoms with Gasteiger partial charge in [-0.05, 0) is 43.2 Å². The molecule has 0 aromatic heterocycles. The molecule has 25 heavy (non-hydrogen) atoms. The van der Waals surface area contributed by atoms with Gasteiger partial charge in [-0.3, -0.25) is 4.18 Å². The fourth-order valence-electron chi connectivity index (χ4n) is 2.90. The largest absolute Gasteiger partial charge is 0.497 e. The lowest BCUT2D eigenvalue weighted by atomic mass is 9.97. The molecule has 1 aliphatic rings. The van der Waals surface area contributed by atoms with Crippen molar-refractivity contribution in [3.05, 3.63) is 59.7 Å². The van der Waals surface area contributed by atoms with Crippen LogP contribution in [0.5, 0.6) is 5.75 Å². The third-order valence-electron chi connectivity index (χ3n) is 4.33. The zero-order chi connectivity index (χ0) is 17.9. The van der Waals surface area contributed by atoms with Gasteiger partial charge in [0.1, 0.15) is 11.9 Å². The van der Waals surface area contributed by atoms with Gasteiger partial charge in [-0.25, -0.2) is 0 Å². The van der Waals surface area contributed by atoms with Crippen LogP contribution >= 0.6 is 0 Å². The lowest BCUT2D eigenvalue weighted by Crippen LogP contribution is -2.27. The number of rotatable bonds is 6. The summed E-state index contributed by atoms with van der Waals surface area (Å²) in [7, 11) is -2.18. The smallest absolute Gasteiger partial charge is 0.297 e. The number of methoxy groups -OCH3 is 1. The minimum atomic E-state index is -3.80. The molecule has 134 valence electrons. The minimum Gasteiger partial charge on any atom is -0.497 e. The number of ether oxygens (including phenoxy) is 2. The van der Waals surface area contributed by atoms with E-state index >= 15 is 0 Å². The molecule has 0 amide bonds. The van der Waals surface area contributed by atoms with Crippen LogP contribution in [0.2, 0.25) is 0 Å². The summed E-state index contributed by atoms with van der Waals surface area (Å²) in [6.45, 7) is 2.66. The Morgan fingerprint density at radius 1 is 1.12 bits per heavy atom. The SMILES string of the molecule is COc1cccc(C[C@H]2COC[C@H]2OS(=O)(=O)c2ccc(C)cc2)c1. The van der Waals surface area contributed by atoms with E-state index in [9.17, 15) is 8.42 Å². The monoisotopic (exact) mass is 362 g/mol. The Labute approximate surface area is 148 Å². The first-order valence-corrected chi connectivity index (χ1v) is 9.59. The molecule has 0 spiro atoms. The topological polar surface area (TPSA) is 61.8 Å². The highest BCUT2D eigenvalue weighted by Gasteiger charge is 2.34. The fraction of sp³-hybridized carbons (Fsp3) is 0.368. The number of benzene rings is 2. The van der Waals surface area contributed by atoms with Gasteiger partial charge in [0, 0.05) is 5.92 Å². The molecule has 0 unspecified atom stereocenters. The van der Waals surface area contributed by atoms with Gasteiger partial charge < -0.3 is 9.47 Å². The molecule has 1 saturated heterocycles. The molecule has 1 fully saturated rings. The van der Waals surface area contributed by atoms with Crippen LogP contribution < -0.4 is 4.74 Å². The molecule has 2 aromatic rings. The zero-order valence-corrected chi connectivity index (χ0v) is 15.2. The summed E-state index contributed by atoms with van der Waals surface area (Å²) < 4.78 is 41.2. The van der Waals surface area contributed by atoms with Gasteiger partial charge in [0.2, 0.25) is 0 Å². The van der Waals surface area contributed by atoms with Gasteiger partial charge in [-0.2, -0.15) is 8.42 Å². The number of aryl methyl sites for hydroxylation is 1. The van der Waals surface area contributed by atoms with Crippen molar-refractivity contribution in [1.29, 1.82) is 0 Å². The number of hydrogen-bond donors (Lipinski definition) is 0. The zero-order valence-electron chi connectivity index (χ0n) is 14.3. The molecule has 5 nitrogen and oxygen atoms in total. The minimum absolute atomic E-state index is 0.0210. The second kappa shape index (κ2) is 7.56. The second-order valence-electron chi connectivity index (χ2n) is 6.26. The average Bonchev–Trinajstić information content (AvgIpc) is 3.01. The summed E-state index contributed by atoms with van der Waals surface area (Å²) in [4.78, 5) is 0.171. The van der Waals surface area contributed by atoms with Crippen LogP contribution in [-0.4, -0.2) is 34.8 Å². The molecule has 0 radical (unpaired) electrons. The van der Waals surface area contributed by atoms with E-state index in [1.807, 2.05) is 31.2 Å². The first-order valence-electron chi connectivity index (χ1n) is 8.18. The first-order chi connectivity index (χ1) is 12.0. The maximum absolute atomic E-state index is 12.5. The molecular weight excluding hydrogens is 340 g/mol. The summed E-state index contributed by atoms with van der Waals surface area (Å²) in [6, 6.07) is 14.4. The molecule has 2 aromatic carbocycles. The highest BCUT2D eigenvalue weighted by atomic mass is 32.2. The van der Waals surface area contributed by atoms with Gasteiger partial charge in [0.25, 0.3) is 10.1 Å². The van der Waals surface area contributed by atoms with Crippen LogP contribution in [0.1, 0.15) is 11.1 Å². The molecular formula is C19H22O5S. The van der Waals surface area contributed by atoms with E-state index in [0.29, 0.717) is 13.0 Å². The quantitative estimate of drug-likeness (QED) is 0.740. The summed E-state index contributed by atoms with van der Waals surface area (Å²) in [5.41, 5.74) is 2.07. The molecule has 0 N–H and O–H groups in total. The molecule has 0 saturated carbocycles. The van der Waals surface area contributed by atoms with Crippen LogP contribution in [0.3, 0.4) is 0 Å². The van der Waals surface area contributed by atoms with Crippen LogP contribution in [0, 0.1) is 12.8 Å². The summed E-state index contributed by atoms with van der Waals surface area (Å²) in [5, 5.41) is 0. The van der Waals surface area contributed by atoms with Crippen molar-refractivity contribution in [2.75, 3.05) is 20.3 Å². The predicted molar refractivity (Wildman–Crippen MR) is 94.2 cm³/mol. The van der Waals surface area contributed by atoms with Crippen molar-refractivity contribution >= 4 is 10.1 Å². The van der Waals surface area contributed by atoms with Gasteiger partial charge in [-0.1, -0.05) is 29.8 Å². The molecule has 0 bridgehead atoms. The average molecular weight is 362 g/mol. The maximum atomic E-state index is 12.5. The van der Waals surface area contributed by atoms with Crippen LogP contribution in [0.15, 0.2) is 53.4 Å². The van der Waals surface area contributed by atoms with Gasteiger partial charge in [-0.15, -0.1) is 0 Å². The third kappa shape index (κ3) is 4.39. The lowest BCUT2D eigenvalue weighted by Gasteiger charge is -2.18. The third-order valence-corrected chi connectivity index (χ3v) is 5.68. The fourth-order valence-corrected chi connectivity index (χ4v) is 4.02. The Kier molecular flexibility index (Phi) is 5.42. The van der Waals surface area contributed by atoms with Crippen molar-refractivity contribution in [3.8, 4) is 5.75 Å². The van der Waals surface area contributed by atoms with E-state index < -0.39 is 16.2 Å². The molecule has 0 aliphatic carbocycles. The van der Waals surface area contributed by atoms with Crippen LogP contribution in [0.4, 0.5) is 0 Å². The molecule has 3 rings (SSSR count). The Bertz CT molecular complexity index is 814. The molecule has 1 heterocycles. The van der Waals surface area contributed by atoms with Crippen molar-refractivity contribution in [1.82, 2.24) is 0 Å². The van der Waals surface area contributed by atoms with Crippen molar-refractivity contribution in [2.24, 2.45) is 5.92 Å². The van der Waals surface area contributed by atoms with E-state index in [2.05, 4.69) is 0 Å². The Hall–Kier alpha value is -1.89. The Morgan fingerprint density at radius 3 is 2.60 bits per heavy atom. The Balaban J connectivity index is 1.71. The number of hydrogen-bond acceptors (Lipinski definition) is 5. The van der Waals surface area contributed by atoms with E-state index in [1.54, 1.807) is 31.4 Å². The second-order valence-corrected chi connectivity index (χ2v) is 7.83. The van der Waals surface area contributed by atoms with Crippen LogP contribution in [0.25, 0.3) is 0 Å². The van der Waals surface area contributed by atoms with E-state index in [4.69, 9.17) is 13.7 Å². The van der Waals surface area contributed by atoms with E-state index in [0.717, 1.165) is 16.9 Å². The summed E-state index contributed by atoms with van der Waals surface area (Å²) in [6.07, 6.45) is 0.183. The van der Waals surface area contributed by atoms with E-state index in [-0.39, 0.29) is 17.4 Å². The molecule has 1 aliphatic heterocycles. The van der Waals surface area contributed by atoms with Crippen molar-refractivity contribution < 1.29 is 22.1 Å². The van der Waals surface area contributed by atoms with E-state index in [1.165, 1.54) is 0 Å². The van der Waals surface area contributed by atoms with Gasteiger partial charge >= 0.3 is 0 Å². The van der Waals surface area contributed by atoms with Crippen LogP contribution in [-0.2, 0) is 25.5 Å². The molecule has 2 atom stereocenters. The van der Waals surface area contributed by atoms with Crippen molar-refractivity contribution in [2.45, 2.75) is 24.3 Å². The summed E-state index contributed by atoms with van der Waals surface area (Å²) >= 11 is 0. The first kappa shape index (κ1) is 17.9. The highest BCUT2D eigenvalue weighted by molar-refractivity contribution is 7.86. The summed E-state index contributed by atoms with van der Waals surface area (Å²) in [5.74, 6) is 0.758. The van der Waals surface area contributed by atoms with Gasteiger partial charge in [0.15, 0.2) is 0 Å². The predicted octanol–water partition coefficient (Wildman–Crippen LogP) is 2.97. The van der Waals surface area contributed by atoms with Crippen molar-refractivity contribution in [3.63, 3.8) is 0 Å². The standard InChI is InChI=1S/C19H22O5S/c1-14-6-8-18(9-7-14)25(20,21)24-19-13-23-12-16(19)10-15-4-3-5-17(11-15)22-2/h3-9,11,16,19H,10,12-13H2,1-2H3/t16-,19+/m0/s1.